The van der Waals surface area contributed by atoms with Crippen LogP contribution in [-0.2, 0) is 13.6 Å². The third kappa shape index (κ3) is 2.54. The maximum Gasteiger partial charge on any atom is 0.0813 e. The quantitative estimate of drug-likeness (QED) is 0.794. The van der Waals surface area contributed by atoms with Gasteiger partial charge in [0.25, 0.3) is 0 Å². The molecule has 4 nitrogen and oxygen atoms in total. The smallest absolute Gasteiger partial charge is 0.0813 e. The Balaban J connectivity index is 1.78. The summed E-state index contributed by atoms with van der Waals surface area (Å²) in [6, 6.07) is 6.28. The lowest BCUT2D eigenvalue weighted by Crippen LogP contribution is -2.02. The van der Waals surface area contributed by atoms with Crippen LogP contribution in [0.3, 0.4) is 0 Å². The number of hydrogen-bond donors (Lipinski definition) is 1. The summed E-state index contributed by atoms with van der Waals surface area (Å²) in [6.45, 7) is 5.15. The minimum Gasteiger partial charge on any atom is -0.381 e. The van der Waals surface area contributed by atoms with Crippen LogP contribution in [0.4, 0.5) is 5.69 Å². The number of aryl methyl sites for hydroxylation is 1. The molecule has 0 saturated carbocycles. The molecule has 0 amide bonds. The van der Waals surface area contributed by atoms with Crippen molar-refractivity contribution >= 4 is 27.2 Å². The van der Waals surface area contributed by atoms with Crippen LogP contribution in [0.2, 0.25) is 0 Å². The number of rotatable bonds is 4. The Hall–Kier alpha value is -1.88. The Morgan fingerprint density at radius 3 is 3.00 bits per heavy atom. The fourth-order valence-corrected chi connectivity index (χ4v) is 3.06. The SMILES string of the molecule is CC(C)c1nn(C)cc1CNc1ccc2ncsc2c1. The molecule has 0 aliphatic rings. The van der Waals surface area contributed by atoms with Gasteiger partial charge in [-0.25, -0.2) is 4.98 Å². The molecular formula is C15H18N4S. The Labute approximate surface area is 122 Å². The van der Waals surface area contributed by atoms with E-state index in [0.29, 0.717) is 5.92 Å². The molecule has 20 heavy (non-hydrogen) atoms. The number of anilines is 1. The minimum atomic E-state index is 0.442. The largest absolute Gasteiger partial charge is 0.381 e. The van der Waals surface area contributed by atoms with Gasteiger partial charge >= 0.3 is 0 Å². The maximum absolute atomic E-state index is 4.53. The van der Waals surface area contributed by atoms with Gasteiger partial charge in [-0.3, -0.25) is 4.68 Å². The van der Waals surface area contributed by atoms with Gasteiger partial charge in [0.2, 0.25) is 0 Å². The van der Waals surface area contributed by atoms with Crippen LogP contribution in [0.25, 0.3) is 10.2 Å². The predicted molar refractivity (Wildman–Crippen MR) is 84.2 cm³/mol. The van der Waals surface area contributed by atoms with Gasteiger partial charge in [0.1, 0.15) is 0 Å². The summed E-state index contributed by atoms with van der Waals surface area (Å²) < 4.78 is 3.10. The first-order valence-corrected chi connectivity index (χ1v) is 7.61. The van der Waals surface area contributed by atoms with E-state index in [0.717, 1.165) is 17.7 Å². The zero-order valence-electron chi connectivity index (χ0n) is 11.9. The summed E-state index contributed by atoms with van der Waals surface area (Å²) in [5.41, 5.74) is 6.49. The van der Waals surface area contributed by atoms with Crippen molar-refractivity contribution in [2.45, 2.75) is 26.3 Å². The molecule has 3 aromatic rings. The second kappa shape index (κ2) is 5.25. The predicted octanol–water partition coefficient (Wildman–Crippen LogP) is 3.77. The zero-order valence-corrected chi connectivity index (χ0v) is 12.7. The lowest BCUT2D eigenvalue weighted by molar-refractivity contribution is 0.712. The number of nitrogens with one attached hydrogen (secondary N) is 1. The molecule has 0 saturated heterocycles. The Kier molecular flexibility index (Phi) is 3.44. The van der Waals surface area contributed by atoms with Crippen LogP contribution in [0.15, 0.2) is 29.9 Å². The molecule has 5 heteroatoms. The van der Waals surface area contributed by atoms with Gasteiger partial charge in [0.15, 0.2) is 0 Å². The number of hydrogen-bond acceptors (Lipinski definition) is 4. The molecule has 0 radical (unpaired) electrons. The van der Waals surface area contributed by atoms with Gasteiger partial charge in [0, 0.05) is 31.0 Å². The van der Waals surface area contributed by atoms with E-state index in [4.69, 9.17) is 0 Å². The van der Waals surface area contributed by atoms with Crippen LogP contribution in [0, 0.1) is 0 Å². The second-order valence-electron chi connectivity index (χ2n) is 5.26. The molecule has 0 aliphatic carbocycles. The van der Waals surface area contributed by atoms with E-state index in [1.54, 1.807) is 11.3 Å². The van der Waals surface area contributed by atoms with Gasteiger partial charge in [-0.1, -0.05) is 13.8 Å². The van der Waals surface area contributed by atoms with Crippen LogP contribution in [0.1, 0.15) is 31.0 Å². The first-order chi connectivity index (χ1) is 9.63. The molecule has 0 fully saturated rings. The summed E-state index contributed by atoms with van der Waals surface area (Å²) in [5, 5.41) is 8.01. The molecule has 2 aromatic heterocycles. The number of nitrogens with zero attached hydrogens (tertiary/aromatic N) is 3. The monoisotopic (exact) mass is 286 g/mol. The first-order valence-electron chi connectivity index (χ1n) is 6.73. The Morgan fingerprint density at radius 1 is 1.35 bits per heavy atom. The van der Waals surface area contributed by atoms with E-state index < -0.39 is 0 Å². The molecule has 0 atom stereocenters. The van der Waals surface area contributed by atoms with Gasteiger partial charge in [0.05, 0.1) is 21.4 Å². The number of thiazole rings is 1. The summed E-state index contributed by atoms with van der Waals surface area (Å²) in [6.07, 6.45) is 2.09. The molecule has 2 heterocycles. The highest BCUT2D eigenvalue weighted by molar-refractivity contribution is 7.16. The molecular weight excluding hydrogens is 268 g/mol. The molecule has 1 aromatic carbocycles. The van der Waals surface area contributed by atoms with Crippen molar-refractivity contribution in [3.05, 3.63) is 41.2 Å². The summed E-state index contributed by atoms with van der Waals surface area (Å²) in [7, 11) is 1.97. The van der Waals surface area contributed by atoms with Gasteiger partial charge in [-0.2, -0.15) is 5.10 Å². The molecule has 0 unspecified atom stereocenters. The highest BCUT2D eigenvalue weighted by Gasteiger charge is 2.11. The van der Waals surface area contributed by atoms with E-state index in [2.05, 4.69) is 53.6 Å². The van der Waals surface area contributed by atoms with E-state index in [-0.39, 0.29) is 0 Å². The molecule has 3 rings (SSSR count). The minimum absolute atomic E-state index is 0.442. The number of aromatic nitrogens is 3. The summed E-state index contributed by atoms with van der Waals surface area (Å²) >= 11 is 1.67. The second-order valence-corrected chi connectivity index (χ2v) is 6.14. The molecule has 1 N–H and O–H groups in total. The fraction of sp³-hybridized carbons (Fsp3) is 0.333. The van der Waals surface area contributed by atoms with Crippen LogP contribution in [0.5, 0.6) is 0 Å². The fourth-order valence-electron chi connectivity index (χ4n) is 2.34. The van der Waals surface area contributed by atoms with Gasteiger partial charge in [-0.15, -0.1) is 11.3 Å². The van der Waals surface area contributed by atoms with E-state index in [1.807, 2.05) is 17.2 Å². The lowest BCUT2D eigenvalue weighted by atomic mass is 10.1. The van der Waals surface area contributed by atoms with E-state index in [1.165, 1.54) is 16.0 Å². The van der Waals surface area contributed by atoms with Crippen molar-refractivity contribution in [1.82, 2.24) is 14.8 Å². The number of fused-ring (bicyclic) bond motifs is 1. The lowest BCUT2D eigenvalue weighted by Gasteiger charge is -2.08. The molecule has 0 bridgehead atoms. The van der Waals surface area contributed by atoms with E-state index >= 15 is 0 Å². The number of benzene rings is 1. The summed E-state index contributed by atoms with van der Waals surface area (Å²) in [5.74, 6) is 0.442. The van der Waals surface area contributed by atoms with Gasteiger partial charge in [-0.05, 0) is 24.1 Å². The molecule has 104 valence electrons. The Morgan fingerprint density at radius 2 is 2.20 bits per heavy atom. The van der Waals surface area contributed by atoms with Gasteiger partial charge < -0.3 is 5.32 Å². The molecule has 0 aliphatic heterocycles. The van der Waals surface area contributed by atoms with Crippen LogP contribution in [-0.4, -0.2) is 14.8 Å². The highest BCUT2D eigenvalue weighted by Crippen LogP contribution is 2.23. The average Bonchev–Trinajstić information content (AvgIpc) is 3.01. The average molecular weight is 286 g/mol. The van der Waals surface area contributed by atoms with Crippen molar-refractivity contribution in [3.8, 4) is 0 Å². The van der Waals surface area contributed by atoms with Crippen molar-refractivity contribution in [2.75, 3.05) is 5.32 Å². The molecule has 0 spiro atoms. The normalized spacial score (nSPS) is 11.4. The maximum atomic E-state index is 4.53. The van der Waals surface area contributed by atoms with Crippen LogP contribution < -0.4 is 5.32 Å². The van der Waals surface area contributed by atoms with Crippen molar-refractivity contribution in [2.24, 2.45) is 7.05 Å². The highest BCUT2D eigenvalue weighted by atomic mass is 32.1. The topological polar surface area (TPSA) is 42.7 Å². The van der Waals surface area contributed by atoms with Crippen molar-refractivity contribution < 1.29 is 0 Å². The van der Waals surface area contributed by atoms with Crippen molar-refractivity contribution in [3.63, 3.8) is 0 Å². The van der Waals surface area contributed by atoms with Crippen molar-refractivity contribution in [1.29, 1.82) is 0 Å². The third-order valence-electron chi connectivity index (χ3n) is 3.30. The summed E-state index contributed by atoms with van der Waals surface area (Å²) in [4.78, 5) is 4.30. The first kappa shape index (κ1) is 13.1. The third-order valence-corrected chi connectivity index (χ3v) is 4.09. The standard InChI is InChI=1S/C15H18N4S/c1-10(2)15-11(8-19(3)18-15)7-16-12-4-5-13-14(6-12)20-9-17-13/h4-6,8-10,16H,7H2,1-3H3. The Bertz CT molecular complexity index is 726. The zero-order chi connectivity index (χ0) is 14.1. The van der Waals surface area contributed by atoms with E-state index in [9.17, 15) is 0 Å². The van der Waals surface area contributed by atoms with Crippen LogP contribution >= 0.6 is 11.3 Å².